The summed E-state index contributed by atoms with van der Waals surface area (Å²) in [4.78, 5) is 12.9. The molecule has 0 bridgehead atoms. The van der Waals surface area contributed by atoms with Crippen molar-refractivity contribution in [1.82, 2.24) is 4.90 Å². The minimum absolute atomic E-state index is 0.0660. The van der Waals surface area contributed by atoms with Gasteiger partial charge in [0.05, 0.1) is 6.54 Å². The van der Waals surface area contributed by atoms with Gasteiger partial charge < -0.3 is 5.11 Å². The number of benzene rings is 2. The fourth-order valence-corrected chi connectivity index (χ4v) is 2.77. The summed E-state index contributed by atoms with van der Waals surface area (Å²) >= 11 is 0. The molecule has 0 radical (unpaired) electrons. The van der Waals surface area contributed by atoms with Gasteiger partial charge in [-0.25, -0.2) is 0 Å². The minimum atomic E-state index is -0.787. The van der Waals surface area contributed by atoms with Crippen LogP contribution in [0.5, 0.6) is 0 Å². The van der Waals surface area contributed by atoms with Crippen LogP contribution in [0.2, 0.25) is 0 Å². The number of aliphatic carboxylic acids is 1. The van der Waals surface area contributed by atoms with Crippen LogP contribution in [0.15, 0.2) is 42.5 Å². The quantitative estimate of drug-likeness (QED) is 0.866. The molecule has 0 atom stereocenters. The number of rotatable bonds is 6. The summed E-state index contributed by atoms with van der Waals surface area (Å²) in [5, 5.41) is 9.01. The highest BCUT2D eigenvalue weighted by molar-refractivity contribution is 5.69. The maximum Gasteiger partial charge on any atom is 0.317 e. The average Bonchev–Trinajstić information content (AvgIpc) is 2.45. The summed E-state index contributed by atoms with van der Waals surface area (Å²) < 4.78 is 0. The molecule has 2 aromatic carbocycles. The lowest BCUT2D eigenvalue weighted by Gasteiger charge is -2.24. The second kappa shape index (κ2) is 7.42. The highest BCUT2D eigenvalue weighted by atomic mass is 16.4. The van der Waals surface area contributed by atoms with Crippen LogP contribution in [0.1, 0.15) is 30.5 Å². The standard InChI is InChI=1S/C20H25NO2/c1-14(2)21(13-20(22)23)12-17-5-7-18(8-6-17)19-10-15(3)9-16(4)11-19/h5-11,14H,12-13H2,1-4H3,(H,22,23). The molecule has 0 amide bonds. The Morgan fingerprint density at radius 1 is 1.00 bits per heavy atom. The van der Waals surface area contributed by atoms with Crippen molar-refractivity contribution >= 4 is 5.97 Å². The molecule has 0 aliphatic rings. The second-order valence-corrected chi connectivity index (χ2v) is 6.47. The van der Waals surface area contributed by atoms with Crippen LogP contribution in [-0.2, 0) is 11.3 Å². The summed E-state index contributed by atoms with van der Waals surface area (Å²) in [6.45, 7) is 8.97. The molecule has 1 N–H and O–H groups in total. The van der Waals surface area contributed by atoms with E-state index in [1.54, 1.807) is 0 Å². The lowest BCUT2D eigenvalue weighted by Crippen LogP contribution is -2.35. The predicted molar refractivity (Wildman–Crippen MR) is 94.5 cm³/mol. The lowest BCUT2D eigenvalue weighted by atomic mass is 9.99. The molecule has 0 spiro atoms. The maximum absolute atomic E-state index is 11.0. The normalized spacial score (nSPS) is 11.2. The van der Waals surface area contributed by atoms with Crippen LogP contribution < -0.4 is 0 Å². The SMILES string of the molecule is Cc1cc(C)cc(-c2ccc(CN(CC(=O)O)C(C)C)cc2)c1. The van der Waals surface area contributed by atoms with Crippen LogP contribution in [0, 0.1) is 13.8 Å². The third-order valence-corrected chi connectivity index (χ3v) is 3.96. The smallest absolute Gasteiger partial charge is 0.317 e. The highest BCUT2D eigenvalue weighted by Crippen LogP contribution is 2.23. The van der Waals surface area contributed by atoms with E-state index in [0.717, 1.165) is 5.56 Å². The molecule has 0 aromatic heterocycles. The molecule has 122 valence electrons. The van der Waals surface area contributed by atoms with Crippen LogP contribution in [0.25, 0.3) is 11.1 Å². The Labute approximate surface area is 138 Å². The van der Waals surface area contributed by atoms with Gasteiger partial charge in [0.1, 0.15) is 0 Å². The van der Waals surface area contributed by atoms with Gasteiger partial charge in [-0.15, -0.1) is 0 Å². The van der Waals surface area contributed by atoms with Crippen molar-refractivity contribution in [2.75, 3.05) is 6.54 Å². The highest BCUT2D eigenvalue weighted by Gasteiger charge is 2.13. The van der Waals surface area contributed by atoms with E-state index < -0.39 is 5.97 Å². The van der Waals surface area contributed by atoms with Crippen molar-refractivity contribution < 1.29 is 9.90 Å². The molecular weight excluding hydrogens is 286 g/mol. The first kappa shape index (κ1) is 17.2. The van der Waals surface area contributed by atoms with E-state index in [4.69, 9.17) is 5.11 Å². The largest absolute Gasteiger partial charge is 0.480 e. The van der Waals surface area contributed by atoms with Crippen molar-refractivity contribution in [2.45, 2.75) is 40.3 Å². The van der Waals surface area contributed by atoms with E-state index in [2.05, 4.69) is 56.3 Å². The van der Waals surface area contributed by atoms with Gasteiger partial charge in [0.2, 0.25) is 0 Å². The Morgan fingerprint density at radius 2 is 1.57 bits per heavy atom. The number of hydrogen-bond donors (Lipinski definition) is 1. The van der Waals surface area contributed by atoms with Gasteiger partial charge in [-0.05, 0) is 44.4 Å². The van der Waals surface area contributed by atoms with Crippen molar-refractivity contribution in [1.29, 1.82) is 0 Å². The van der Waals surface area contributed by atoms with Crippen LogP contribution in [-0.4, -0.2) is 28.6 Å². The fraction of sp³-hybridized carbons (Fsp3) is 0.350. The topological polar surface area (TPSA) is 40.5 Å². The first-order valence-electron chi connectivity index (χ1n) is 7.98. The van der Waals surface area contributed by atoms with Gasteiger partial charge >= 0.3 is 5.97 Å². The van der Waals surface area contributed by atoms with Gasteiger partial charge in [0.25, 0.3) is 0 Å². The van der Waals surface area contributed by atoms with E-state index in [1.165, 1.54) is 22.3 Å². The molecular formula is C20H25NO2. The van der Waals surface area contributed by atoms with Crippen molar-refractivity contribution in [3.63, 3.8) is 0 Å². The molecule has 0 saturated carbocycles. The molecule has 0 aliphatic carbocycles. The van der Waals surface area contributed by atoms with Crippen molar-refractivity contribution in [3.05, 3.63) is 59.2 Å². The Hall–Kier alpha value is -2.13. The Morgan fingerprint density at radius 3 is 2.04 bits per heavy atom. The Bertz CT molecular complexity index is 654. The molecule has 2 rings (SSSR count). The number of carbonyl (C=O) groups is 1. The van der Waals surface area contributed by atoms with Crippen molar-refractivity contribution in [3.8, 4) is 11.1 Å². The number of nitrogens with zero attached hydrogens (tertiary/aromatic N) is 1. The van der Waals surface area contributed by atoms with Gasteiger partial charge in [0, 0.05) is 12.6 Å². The molecule has 0 unspecified atom stereocenters. The maximum atomic E-state index is 11.0. The van der Waals surface area contributed by atoms with Crippen LogP contribution >= 0.6 is 0 Å². The third-order valence-electron chi connectivity index (χ3n) is 3.96. The number of carboxylic acids is 1. The molecule has 23 heavy (non-hydrogen) atoms. The van der Waals surface area contributed by atoms with Crippen molar-refractivity contribution in [2.24, 2.45) is 0 Å². The van der Waals surface area contributed by atoms with E-state index in [0.29, 0.717) is 6.54 Å². The Balaban J connectivity index is 2.16. The van der Waals surface area contributed by atoms with Gasteiger partial charge in [-0.3, -0.25) is 9.69 Å². The zero-order valence-electron chi connectivity index (χ0n) is 14.3. The fourth-order valence-electron chi connectivity index (χ4n) is 2.77. The molecule has 0 heterocycles. The third kappa shape index (κ3) is 4.93. The summed E-state index contributed by atoms with van der Waals surface area (Å²) in [6.07, 6.45) is 0. The molecule has 0 fully saturated rings. The number of carboxylic acid groups (broad SMARTS) is 1. The van der Waals surface area contributed by atoms with Crippen LogP contribution in [0.4, 0.5) is 0 Å². The monoisotopic (exact) mass is 311 g/mol. The molecule has 0 saturated heterocycles. The second-order valence-electron chi connectivity index (χ2n) is 6.47. The molecule has 2 aromatic rings. The number of hydrogen-bond acceptors (Lipinski definition) is 2. The molecule has 0 aliphatic heterocycles. The van der Waals surface area contributed by atoms with Crippen LogP contribution in [0.3, 0.4) is 0 Å². The first-order chi connectivity index (χ1) is 10.8. The summed E-state index contributed by atoms with van der Waals surface area (Å²) in [6, 6.07) is 15.1. The summed E-state index contributed by atoms with van der Waals surface area (Å²) in [5.41, 5.74) is 6.07. The van der Waals surface area contributed by atoms with E-state index in [-0.39, 0.29) is 12.6 Å². The van der Waals surface area contributed by atoms with E-state index >= 15 is 0 Å². The zero-order valence-corrected chi connectivity index (χ0v) is 14.3. The Kier molecular flexibility index (Phi) is 5.56. The van der Waals surface area contributed by atoms with E-state index in [9.17, 15) is 4.79 Å². The lowest BCUT2D eigenvalue weighted by molar-refractivity contribution is -0.138. The predicted octanol–water partition coefficient (Wildman–Crippen LogP) is 4.27. The molecule has 3 heteroatoms. The average molecular weight is 311 g/mol. The minimum Gasteiger partial charge on any atom is -0.480 e. The van der Waals surface area contributed by atoms with E-state index in [1.807, 2.05) is 18.7 Å². The van der Waals surface area contributed by atoms with Gasteiger partial charge in [0.15, 0.2) is 0 Å². The summed E-state index contributed by atoms with van der Waals surface area (Å²) in [7, 11) is 0. The zero-order chi connectivity index (χ0) is 17.0. The van der Waals surface area contributed by atoms with Gasteiger partial charge in [-0.1, -0.05) is 53.6 Å². The number of aryl methyl sites for hydroxylation is 2. The molecule has 3 nitrogen and oxygen atoms in total. The van der Waals surface area contributed by atoms with Gasteiger partial charge in [-0.2, -0.15) is 0 Å². The first-order valence-corrected chi connectivity index (χ1v) is 7.98. The summed E-state index contributed by atoms with van der Waals surface area (Å²) in [5.74, 6) is -0.787.